The van der Waals surface area contributed by atoms with Gasteiger partial charge < -0.3 is 19.9 Å². The molecular weight excluding hydrogens is 300 g/mol. The maximum Gasteiger partial charge on any atom is 0.333 e. The van der Waals surface area contributed by atoms with Crippen LogP contribution in [0.5, 0.6) is 5.75 Å². The van der Waals surface area contributed by atoms with E-state index in [9.17, 15) is 14.9 Å². The Morgan fingerprint density at radius 3 is 2.74 bits per heavy atom. The quantitative estimate of drug-likeness (QED) is 0.617. The average molecular weight is 322 g/mol. The second-order valence-corrected chi connectivity index (χ2v) is 5.30. The normalized spacial score (nSPS) is 14.4. The van der Waals surface area contributed by atoms with Crippen LogP contribution in [0.4, 0.5) is 11.4 Å². The number of rotatable bonds is 6. The number of hydrogen-bond donors (Lipinski definition) is 1. The molecule has 1 aliphatic rings. The van der Waals surface area contributed by atoms with Gasteiger partial charge in [-0.3, -0.25) is 14.9 Å². The molecular formula is C15H22N4O4. The van der Waals surface area contributed by atoms with Gasteiger partial charge in [0.2, 0.25) is 5.91 Å². The zero-order chi connectivity index (χ0) is 16.8. The van der Waals surface area contributed by atoms with Gasteiger partial charge in [-0.05, 0) is 19.1 Å². The van der Waals surface area contributed by atoms with E-state index in [4.69, 9.17) is 4.74 Å². The summed E-state index contributed by atoms with van der Waals surface area (Å²) in [6.45, 7) is 5.07. The highest BCUT2D eigenvalue weighted by atomic mass is 16.6. The fraction of sp³-hybridized carbons (Fsp3) is 0.533. The van der Waals surface area contributed by atoms with E-state index in [-0.39, 0.29) is 23.9 Å². The van der Waals surface area contributed by atoms with E-state index < -0.39 is 4.92 Å². The Bertz CT molecular complexity index is 573. The summed E-state index contributed by atoms with van der Waals surface area (Å²) in [7, 11) is 1.68. The van der Waals surface area contributed by atoms with E-state index in [0.29, 0.717) is 25.4 Å². The summed E-state index contributed by atoms with van der Waals surface area (Å²) in [6, 6.07) is 4.89. The number of nitrogens with one attached hydrogen (secondary N) is 1. The van der Waals surface area contributed by atoms with Crippen LogP contribution in [0.25, 0.3) is 0 Å². The Morgan fingerprint density at radius 2 is 2.13 bits per heavy atom. The van der Waals surface area contributed by atoms with Crippen molar-refractivity contribution in [3.8, 4) is 5.75 Å². The fourth-order valence-electron chi connectivity index (χ4n) is 2.58. The number of ether oxygens (including phenoxy) is 1. The molecule has 8 nitrogen and oxygen atoms in total. The monoisotopic (exact) mass is 322 g/mol. The number of benzene rings is 1. The van der Waals surface area contributed by atoms with Crippen molar-refractivity contribution < 1.29 is 14.5 Å². The first-order valence-electron chi connectivity index (χ1n) is 7.64. The molecule has 1 aromatic carbocycles. The highest BCUT2D eigenvalue weighted by molar-refractivity contribution is 5.83. The first kappa shape index (κ1) is 17.0. The van der Waals surface area contributed by atoms with Crippen molar-refractivity contribution in [2.75, 3.05) is 51.3 Å². The average Bonchev–Trinajstić information content (AvgIpc) is 2.55. The Balaban J connectivity index is 2.17. The second-order valence-electron chi connectivity index (χ2n) is 5.30. The highest BCUT2D eigenvalue weighted by Gasteiger charge is 2.25. The molecule has 1 fully saturated rings. The number of hydrogen-bond acceptors (Lipinski definition) is 6. The number of piperazine rings is 1. The minimum absolute atomic E-state index is 0.0369. The van der Waals surface area contributed by atoms with Crippen molar-refractivity contribution in [2.24, 2.45) is 0 Å². The van der Waals surface area contributed by atoms with Crippen molar-refractivity contribution in [3.63, 3.8) is 0 Å². The third-order valence-corrected chi connectivity index (χ3v) is 3.71. The van der Waals surface area contributed by atoms with E-state index in [0.717, 1.165) is 13.1 Å². The molecule has 1 heterocycles. The number of nitro groups is 1. The summed E-state index contributed by atoms with van der Waals surface area (Å²) in [5.41, 5.74) is 0.273. The predicted octanol–water partition coefficient (Wildman–Crippen LogP) is 0.862. The van der Waals surface area contributed by atoms with E-state index in [1.165, 1.54) is 0 Å². The molecule has 0 bridgehead atoms. The second kappa shape index (κ2) is 7.77. The van der Waals surface area contributed by atoms with Crippen molar-refractivity contribution >= 4 is 17.3 Å². The van der Waals surface area contributed by atoms with Gasteiger partial charge in [0.25, 0.3) is 0 Å². The molecule has 0 saturated carbocycles. The largest absolute Gasteiger partial charge is 0.487 e. The number of nitrogens with zero attached hydrogens (tertiary/aromatic N) is 3. The lowest BCUT2D eigenvalue weighted by Gasteiger charge is -2.29. The zero-order valence-corrected chi connectivity index (χ0v) is 13.4. The number of amides is 1. The van der Waals surface area contributed by atoms with Gasteiger partial charge in [0.15, 0.2) is 5.75 Å². The molecule has 1 saturated heterocycles. The van der Waals surface area contributed by atoms with Gasteiger partial charge in [-0.2, -0.15) is 0 Å². The minimum Gasteiger partial charge on any atom is -0.487 e. The van der Waals surface area contributed by atoms with Crippen molar-refractivity contribution in [2.45, 2.75) is 6.92 Å². The first-order valence-corrected chi connectivity index (χ1v) is 7.64. The molecule has 1 aromatic rings. The number of carbonyl (C=O) groups excluding carboxylic acids is 1. The van der Waals surface area contributed by atoms with Crippen LogP contribution in [0.15, 0.2) is 18.2 Å². The minimum atomic E-state index is -0.466. The molecule has 1 aliphatic heterocycles. The number of para-hydroxylation sites is 1. The van der Waals surface area contributed by atoms with Gasteiger partial charge in [0, 0.05) is 33.2 Å². The molecule has 2 rings (SSSR count). The molecule has 1 amide bonds. The number of likely N-dealkylation sites (N-methyl/N-ethyl adjacent to an activating group) is 1. The lowest BCUT2D eigenvalue weighted by molar-refractivity contribution is -0.385. The molecule has 0 unspecified atom stereocenters. The Morgan fingerprint density at radius 1 is 1.43 bits per heavy atom. The fourth-order valence-corrected chi connectivity index (χ4v) is 2.58. The maximum absolute atomic E-state index is 12.3. The third-order valence-electron chi connectivity index (χ3n) is 3.71. The Labute approximate surface area is 135 Å². The smallest absolute Gasteiger partial charge is 0.333 e. The number of nitro benzene ring substituents is 1. The molecule has 126 valence electrons. The van der Waals surface area contributed by atoms with Crippen LogP contribution in [0.1, 0.15) is 6.92 Å². The molecule has 0 radical (unpaired) electrons. The standard InChI is InChI=1S/C15H22N4O4/c1-3-23-13-6-4-5-12(15(13)19(21)22)17(2)11-14(20)18-9-7-16-8-10-18/h4-6,16H,3,7-11H2,1-2H3. The van der Waals surface area contributed by atoms with Crippen molar-refractivity contribution in [1.29, 1.82) is 0 Å². The summed E-state index contributed by atoms with van der Waals surface area (Å²) < 4.78 is 5.34. The van der Waals surface area contributed by atoms with Gasteiger partial charge >= 0.3 is 5.69 Å². The van der Waals surface area contributed by atoms with E-state index in [1.54, 1.807) is 42.0 Å². The molecule has 8 heteroatoms. The van der Waals surface area contributed by atoms with Crippen LogP contribution in [-0.2, 0) is 4.79 Å². The van der Waals surface area contributed by atoms with E-state index >= 15 is 0 Å². The molecule has 0 spiro atoms. The van der Waals surface area contributed by atoms with Crippen molar-refractivity contribution in [3.05, 3.63) is 28.3 Å². The van der Waals surface area contributed by atoms with Crippen LogP contribution in [0.2, 0.25) is 0 Å². The topological polar surface area (TPSA) is 88.0 Å². The predicted molar refractivity (Wildman–Crippen MR) is 87.0 cm³/mol. The summed E-state index contributed by atoms with van der Waals surface area (Å²) in [6.07, 6.45) is 0. The lowest BCUT2D eigenvalue weighted by atomic mass is 10.2. The van der Waals surface area contributed by atoms with Crippen LogP contribution in [0.3, 0.4) is 0 Å². The first-order chi connectivity index (χ1) is 11.0. The zero-order valence-electron chi connectivity index (χ0n) is 13.4. The summed E-state index contributed by atoms with van der Waals surface area (Å²) in [5, 5.41) is 14.6. The summed E-state index contributed by atoms with van der Waals surface area (Å²) in [5.74, 6) is 0.182. The van der Waals surface area contributed by atoms with Gasteiger partial charge in [0.05, 0.1) is 18.1 Å². The van der Waals surface area contributed by atoms with Gasteiger partial charge in [-0.25, -0.2) is 0 Å². The molecule has 0 aromatic heterocycles. The number of anilines is 1. The van der Waals surface area contributed by atoms with Gasteiger partial charge in [-0.1, -0.05) is 6.07 Å². The summed E-state index contributed by atoms with van der Waals surface area (Å²) in [4.78, 5) is 26.6. The Kier molecular flexibility index (Phi) is 5.75. The number of carbonyl (C=O) groups is 1. The van der Waals surface area contributed by atoms with E-state index in [2.05, 4.69) is 5.32 Å². The van der Waals surface area contributed by atoms with E-state index in [1.807, 2.05) is 0 Å². The van der Waals surface area contributed by atoms with Gasteiger partial charge in [-0.15, -0.1) is 0 Å². The Hall–Kier alpha value is -2.35. The molecule has 0 aliphatic carbocycles. The van der Waals surface area contributed by atoms with Crippen LogP contribution in [-0.4, -0.2) is 62.1 Å². The van der Waals surface area contributed by atoms with Crippen molar-refractivity contribution in [1.82, 2.24) is 10.2 Å². The highest BCUT2D eigenvalue weighted by Crippen LogP contribution is 2.36. The maximum atomic E-state index is 12.3. The van der Waals surface area contributed by atoms with Crippen LogP contribution < -0.4 is 15.0 Å². The SMILES string of the molecule is CCOc1cccc(N(C)CC(=O)N2CCNCC2)c1[N+](=O)[O-]. The van der Waals surface area contributed by atoms with Crippen LogP contribution >= 0.6 is 0 Å². The lowest BCUT2D eigenvalue weighted by Crippen LogP contribution is -2.49. The molecule has 0 atom stereocenters. The van der Waals surface area contributed by atoms with Crippen LogP contribution in [0, 0.1) is 10.1 Å². The molecule has 1 N–H and O–H groups in total. The third kappa shape index (κ3) is 4.10. The summed E-state index contributed by atoms with van der Waals surface area (Å²) >= 11 is 0. The molecule has 23 heavy (non-hydrogen) atoms. The van der Waals surface area contributed by atoms with Gasteiger partial charge in [0.1, 0.15) is 5.69 Å².